The number of esters is 3. The Balaban J connectivity index is 4.32. The highest BCUT2D eigenvalue weighted by Crippen LogP contribution is 2.13. The molecule has 0 radical (unpaired) electrons. The second kappa shape index (κ2) is 44.8. The molecule has 1 unspecified atom stereocenters. The molecule has 6 nitrogen and oxygen atoms in total. The van der Waals surface area contributed by atoms with Gasteiger partial charge in [-0.05, 0) is 77.0 Å². The fourth-order valence-electron chi connectivity index (χ4n) is 6.24. The molecule has 0 aliphatic heterocycles. The van der Waals surface area contributed by atoms with Gasteiger partial charge >= 0.3 is 17.9 Å². The van der Waals surface area contributed by atoms with Gasteiger partial charge in [0.05, 0.1) is 0 Å². The molecular formula is C50H86O6. The van der Waals surface area contributed by atoms with Crippen LogP contribution in [-0.4, -0.2) is 37.2 Å². The maximum absolute atomic E-state index is 12.7. The van der Waals surface area contributed by atoms with Gasteiger partial charge in [0.15, 0.2) is 6.10 Å². The van der Waals surface area contributed by atoms with Crippen molar-refractivity contribution in [1.82, 2.24) is 0 Å². The highest BCUT2D eigenvalue weighted by Gasteiger charge is 2.19. The third-order valence-corrected chi connectivity index (χ3v) is 9.76. The van der Waals surface area contributed by atoms with Crippen LogP contribution < -0.4 is 0 Å². The Bertz CT molecular complexity index is 1040. The predicted molar refractivity (Wildman–Crippen MR) is 238 cm³/mol. The smallest absolute Gasteiger partial charge is 0.306 e. The van der Waals surface area contributed by atoms with Gasteiger partial charge in [0.1, 0.15) is 13.2 Å². The zero-order chi connectivity index (χ0) is 40.8. The second-order valence-electron chi connectivity index (χ2n) is 15.3. The summed E-state index contributed by atoms with van der Waals surface area (Å²) < 4.78 is 16.7. The predicted octanol–water partition coefficient (Wildman–Crippen LogP) is 14.9. The summed E-state index contributed by atoms with van der Waals surface area (Å²) >= 11 is 0. The lowest BCUT2D eigenvalue weighted by Gasteiger charge is -2.18. The Morgan fingerprint density at radius 1 is 0.375 bits per heavy atom. The van der Waals surface area contributed by atoms with Crippen molar-refractivity contribution in [2.24, 2.45) is 0 Å². The van der Waals surface area contributed by atoms with Gasteiger partial charge in [0, 0.05) is 19.3 Å². The van der Waals surface area contributed by atoms with Crippen molar-refractivity contribution in [2.45, 2.75) is 226 Å². The van der Waals surface area contributed by atoms with Crippen LogP contribution in [0.4, 0.5) is 0 Å². The van der Waals surface area contributed by atoms with Crippen molar-refractivity contribution in [3.05, 3.63) is 60.8 Å². The first-order valence-corrected chi connectivity index (χ1v) is 23.3. The van der Waals surface area contributed by atoms with E-state index >= 15 is 0 Å². The monoisotopic (exact) mass is 783 g/mol. The van der Waals surface area contributed by atoms with Crippen LogP contribution in [0.3, 0.4) is 0 Å². The summed E-state index contributed by atoms with van der Waals surface area (Å²) in [6.07, 6.45) is 53.5. The van der Waals surface area contributed by atoms with Crippen molar-refractivity contribution in [3.63, 3.8) is 0 Å². The van der Waals surface area contributed by atoms with Crippen molar-refractivity contribution in [3.8, 4) is 0 Å². The average Bonchev–Trinajstić information content (AvgIpc) is 3.19. The summed E-state index contributed by atoms with van der Waals surface area (Å²) in [6, 6.07) is 0. The maximum atomic E-state index is 12.7. The van der Waals surface area contributed by atoms with E-state index in [2.05, 4.69) is 81.5 Å². The summed E-state index contributed by atoms with van der Waals surface area (Å²) in [5.74, 6) is -0.917. The number of carbonyl (C=O) groups is 3. The number of allylic oxidation sites excluding steroid dienone is 10. The molecule has 0 aromatic carbocycles. The van der Waals surface area contributed by atoms with Crippen LogP contribution in [0.15, 0.2) is 60.8 Å². The molecule has 0 heterocycles. The van der Waals surface area contributed by atoms with E-state index in [1.165, 1.54) is 70.6 Å². The van der Waals surface area contributed by atoms with Gasteiger partial charge in [0.25, 0.3) is 0 Å². The molecule has 0 aromatic rings. The summed E-state index contributed by atoms with van der Waals surface area (Å²) in [5.41, 5.74) is 0. The van der Waals surface area contributed by atoms with Gasteiger partial charge in [0.2, 0.25) is 0 Å². The SMILES string of the molecule is CC/C=C\C/C=C\C/C=C\C/C=C\CCCCCCCCC(=O)OCC(COC(=O)CCCCCCCCCCC)OC(=O)CCCCCC/C=C\CCCC. The van der Waals surface area contributed by atoms with Gasteiger partial charge in [-0.15, -0.1) is 0 Å². The highest BCUT2D eigenvalue weighted by molar-refractivity contribution is 5.71. The van der Waals surface area contributed by atoms with Crippen molar-refractivity contribution < 1.29 is 28.6 Å². The molecule has 0 amide bonds. The minimum atomic E-state index is -0.781. The lowest BCUT2D eigenvalue weighted by molar-refractivity contribution is -0.167. The largest absolute Gasteiger partial charge is 0.462 e. The van der Waals surface area contributed by atoms with Crippen LogP contribution in [0.1, 0.15) is 220 Å². The Morgan fingerprint density at radius 2 is 0.714 bits per heavy atom. The quantitative estimate of drug-likeness (QED) is 0.0266. The van der Waals surface area contributed by atoms with Gasteiger partial charge in [-0.25, -0.2) is 0 Å². The van der Waals surface area contributed by atoms with Gasteiger partial charge in [-0.2, -0.15) is 0 Å². The summed E-state index contributed by atoms with van der Waals surface area (Å²) in [5, 5.41) is 0. The number of rotatable bonds is 41. The van der Waals surface area contributed by atoms with E-state index < -0.39 is 6.10 Å². The van der Waals surface area contributed by atoms with Crippen LogP contribution in [0.5, 0.6) is 0 Å². The van der Waals surface area contributed by atoms with Gasteiger partial charge < -0.3 is 14.2 Å². The molecule has 1 atom stereocenters. The Labute approximate surface area is 345 Å². The maximum Gasteiger partial charge on any atom is 0.306 e. The Morgan fingerprint density at radius 3 is 1.16 bits per heavy atom. The third kappa shape index (κ3) is 42.3. The lowest BCUT2D eigenvalue weighted by atomic mass is 10.1. The molecule has 0 fully saturated rings. The molecule has 0 rings (SSSR count). The molecule has 0 saturated carbocycles. The molecule has 6 heteroatoms. The number of hydrogen-bond acceptors (Lipinski definition) is 6. The first-order valence-electron chi connectivity index (χ1n) is 23.3. The van der Waals surface area contributed by atoms with E-state index in [-0.39, 0.29) is 31.1 Å². The van der Waals surface area contributed by atoms with Crippen LogP contribution in [0.2, 0.25) is 0 Å². The second-order valence-corrected chi connectivity index (χ2v) is 15.3. The van der Waals surface area contributed by atoms with Crippen LogP contribution in [-0.2, 0) is 28.6 Å². The van der Waals surface area contributed by atoms with E-state index in [4.69, 9.17) is 14.2 Å². The van der Waals surface area contributed by atoms with Crippen molar-refractivity contribution >= 4 is 17.9 Å². The molecule has 0 spiro atoms. The van der Waals surface area contributed by atoms with Crippen LogP contribution in [0.25, 0.3) is 0 Å². The minimum Gasteiger partial charge on any atom is -0.462 e. The molecule has 0 aliphatic rings. The molecule has 0 aromatic heterocycles. The van der Waals surface area contributed by atoms with E-state index in [1.54, 1.807) is 0 Å². The molecule has 0 N–H and O–H groups in total. The normalized spacial score (nSPS) is 12.6. The first kappa shape index (κ1) is 53.1. The minimum absolute atomic E-state index is 0.0828. The number of carbonyl (C=O) groups excluding carboxylic acids is 3. The zero-order valence-electron chi connectivity index (χ0n) is 36.6. The molecule has 0 aliphatic carbocycles. The molecular weight excluding hydrogens is 697 g/mol. The fourth-order valence-corrected chi connectivity index (χ4v) is 6.24. The fraction of sp³-hybridized carbons (Fsp3) is 0.740. The third-order valence-electron chi connectivity index (χ3n) is 9.76. The molecule has 0 saturated heterocycles. The first-order chi connectivity index (χ1) is 27.5. The van der Waals surface area contributed by atoms with Crippen LogP contribution in [0, 0.1) is 0 Å². The van der Waals surface area contributed by atoms with Gasteiger partial charge in [-0.1, -0.05) is 184 Å². The van der Waals surface area contributed by atoms with Gasteiger partial charge in [-0.3, -0.25) is 14.4 Å². The van der Waals surface area contributed by atoms with E-state index in [1.807, 2.05) is 0 Å². The molecule has 322 valence electrons. The van der Waals surface area contributed by atoms with E-state index in [0.717, 1.165) is 109 Å². The van der Waals surface area contributed by atoms with E-state index in [9.17, 15) is 14.4 Å². The Kier molecular flexibility index (Phi) is 42.5. The standard InChI is InChI=1S/C50H86O6/c1-4-7-10-13-16-19-21-22-23-24-25-26-27-28-29-32-34-37-40-43-49(52)55-46-47(45-54-48(51)42-39-36-33-30-18-15-12-9-6-3)56-50(53)44-41-38-35-31-20-17-14-11-8-5-2/h7,10,14,16-17,19,22-23,25-26,47H,4-6,8-9,11-13,15,18,20-21,24,27-46H2,1-3H3/b10-7-,17-14-,19-16-,23-22-,26-25-. The molecule has 0 bridgehead atoms. The van der Waals surface area contributed by atoms with Crippen molar-refractivity contribution in [1.29, 1.82) is 0 Å². The summed E-state index contributed by atoms with van der Waals surface area (Å²) in [7, 11) is 0. The number of hydrogen-bond donors (Lipinski definition) is 0. The van der Waals surface area contributed by atoms with Crippen LogP contribution >= 0.6 is 0 Å². The highest BCUT2D eigenvalue weighted by atomic mass is 16.6. The number of unbranched alkanes of at least 4 members (excludes halogenated alkanes) is 20. The summed E-state index contributed by atoms with van der Waals surface area (Å²) in [4.78, 5) is 37.7. The zero-order valence-corrected chi connectivity index (χ0v) is 36.6. The lowest BCUT2D eigenvalue weighted by Crippen LogP contribution is -2.30. The number of ether oxygens (including phenoxy) is 3. The summed E-state index contributed by atoms with van der Waals surface area (Å²) in [6.45, 7) is 6.43. The topological polar surface area (TPSA) is 78.9 Å². The van der Waals surface area contributed by atoms with Crippen molar-refractivity contribution in [2.75, 3.05) is 13.2 Å². The molecule has 56 heavy (non-hydrogen) atoms. The van der Waals surface area contributed by atoms with E-state index in [0.29, 0.717) is 19.3 Å². The average molecular weight is 783 g/mol. The Hall–Kier alpha value is -2.89.